The molecule has 1 amide bonds. The van der Waals surface area contributed by atoms with Crippen LogP contribution in [0.2, 0.25) is 0 Å². The lowest BCUT2D eigenvalue weighted by atomic mass is 9.86. The highest BCUT2D eigenvalue weighted by atomic mass is 32.2. The van der Waals surface area contributed by atoms with Crippen molar-refractivity contribution in [1.29, 1.82) is 0 Å². The Morgan fingerprint density at radius 3 is 2.44 bits per heavy atom. The number of carbonyl (C=O) groups excluding carboxylic acids is 1. The van der Waals surface area contributed by atoms with Crippen LogP contribution in [0.15, 0.2) is 23.1 Å². The third-order valence-corrected chi connectivity index (χ3v) is 6.85. The normalized spacial score (nSPS) is 20.6. The van der Waals surface area contributed by atoms with Crippen LogP contribution < -0.4 is 4.90 Å². The van der Waals surface area contributed by atoms with E-state index in [1.165, 1.54) is 21.3 Å². The monoisotopic (exact) mass is 366 g/mol. The van der Waals surface area contributed by atoms with Gasteiger partial charge in [-0.15, -0.1) is 0 Å². The summed E-state index contributed by atoms with van der Waals surface area (Å²) in [5.74, 6) is -1.44. The molecule has 1 fully saturated rings. The molecule has 2 aliphatic rings. The Morgan fingerprint density at radius 2 is 1.84 bits per heavy atom. The number of nitrogens with zero attached hydrogens (tertiary/aromatic N) is 2. The lowest BCUT2D eigenvalue weighted by Crippen LogP contribution is -2.39. The summed E-state index contributed by atoms with van der Waals surface area (Å²) in [4.78, 5) is 25.0. The molecule has 2 heterocycles. The Hall–Kier alpha value is -1.93. The van der Waals surface area contributed by atoms with E-state index in [-0.39, 0.29) is 10.8 Å². The molecule has 7 nitrogen and oxygen atoms in total. The molecule has 8 heteroatoms. The Bertz CT molecular complexity index is 825. The Kier molecular flexibility index (Phi) is 4.36. The number of benzene rings is 1. The molecule has 0 radical (unpaired) electrons. The number of carbonyl (C=O) groups is 2. The summed E-state index contributed by atoms with van der Waals surface area (Å²) in [6.07, 6.45) is 2.73. The number of carboxylic acid groups (broad SMARTS) is 1. The van der Waals surface area contributed by atoms with Crippen LogP contribution >= 0.6 is 0 Å². The predicted molar refractivity (Wildman–Crippen MR) is 92.1 cm³/mol. The maximum absolute atomic E-state index is 12.9. The van der Waals surface area contributed by atoms with Crippen LogP contribution in [0.25, 0.3) is 0 Å². The molecule has 1 aromatic carbocycles. The smallest absolute Gasteiger partial charge is 0.323 e. The minimum absolute atomic E-state index is 0.159. The number of anilines is 1. The van der Waals surface area contributed by atoms with E-state index in [0.29, 0.717) is 24.3 Å². The van der Waals surface area contributed by atoms with Crippen LogP contribution in [-0.2, 0) is 25.0 Å². The summed E-state index contributed by atoms with van der Waals surface area (Å²) in [6.45, 7) is 3.95. The van der Waals surface area contributed by atoms with Gasteiger partial charge in [0.2, 0.25) is 15.9 Å². The van der Waals surface area contributed by atoms with Gasteiger partial charge in [-0.2, -0.15) is 4.31 Å². The summed E-state index contributed by atoms with van der Waals surface area (Å²) in [6, 6.07) is 4.53. The molecule has 0 spiro atoms. The molecule has 0 saturated carbocycles. The zero-order valence-corrected chi connectivity index (χ0v) is 15.2. The van der Waals surface area contributed by atoms with Gasteiger partial charge in [0.05, 0.1) is 10.3 Å². The maximum Gasteiger partial charge on any atom is 0.323 e. The van der Waals surface area contributed by atoms with E-state index >= 15 is 0 Å². The summed E-state index contributed by atoms with van der Waals surface area (Å²) in [7, 11) is -3.60. The van der Waals surface area contributed by atoms with Crippen LogP contribution in [0.1, 0.15) is 38.7 Å². The van der Waals surface area contributed by atoms with E-state index in [9.17, 15) is 18.0 Å². The van der Waals surface area contributed by atoms with Crippen molar-refractivity contribution >= 4 is 27.6 Å². The van der Waals surface area contributed by atoms with Crippen molar-refractivity contribution in [3.8, 4) is 0 Å². The van der Waals surface area contributed by atoms with E-state index < -0.39 is 28.0 Å². The van der Waals surface area contributed by atoms with Gasteiger partial charge in [-0.1, -0.05) is 6.42 Å². The van der Waals surface area contributed by atoms with Crippen molar-refractivity contribution in [3.05, 3.63) is 23.8 Å². The standard InChI is InChI=1S/C17H22N2O5S/c1-17(2)13-10-12(25(23,24)18-8-4-3-5-9-18)6-7-14(13)19(16(17)22)11-15(20)21/h6-7,10H,3-5,8-9,11H2,1-2H3,(H,20,21). The van der Waals surface area contributed by atoms with Gasteiger partial charge in [0.15, 0.2) is 0 Å². The first-order chi connectivity index (χ1) is 11.7. The average molecular weight is 366 g/mol. The maximum atomic E-state index is 12.9. The Balaban J connectivity index is 2.03. The second-order valence-corrected chi connectivity index (χ2v) is 8.99. The van der Waals surface area contributed by atoms with Crippen LogP contribution in [0.5, 0.6) is 0 Å². The first-order valence-electron chi connectivity index (χ1n) is 8.34. The van der Waals surface area contributed by atoms with E-state index in [4.69, 9.17) is 5.11 Å². The molecule has 0 aromatic heterocycles. The number of rotatable bonds is 4. The lowest BCUT2D eigenvalue weighted by molar-refractivity contribution is -0.137. The van der Waals surface area contributed by atoms with Gasteiger partial charge < -0.3 is 10.0 Å². The van der Waals surface area contributed by atoms with Crippen LogP contribution in [0.3, 0.4) is 0 Å². The number of piperidine rings is 1. The quantitative estimate of drug-likeness (QED) is 0.873. The molecular formula is C17H22N2O5S. The third-order valence-electron chi connectivity index (χ3n) is 4.96. The third kappa shape index (κ3) is 2.93. The largest absolute Gasteiger partial charge is 0.480 e. The van der Waals surface area contributed by atoms with Crippen LogP contribution in [0, 0.1) is 0 Å². The van der Waals surface area contributed by atoms with Crippen LogP contribution in [-0.4, -0.2) is 49.3 Å². The number of amides is 1. The summed E-state index contributed by atoms with van der Waals surface area (Å²) in [5, 5.41) is 9.05. The fourth-order valence-corrected chi connectivity index (χ4v) is 5.06. The molecule has 136 valence electrons. The van der Waals surface area contributed by atoms with Crippen molar-refractivity contribution < 1.29 is 23.1 Å². The molecule has 0 atom stereocenters. The van der Waals surface area contributed by atoms with Crippen molar-refractivity contribution in [2.24, 2.45) is 0 Å². The minimum atomic E-state index is -3.60. The first-order valence-corrected chi connectivity index (χ1v) is 9.78. The van der Waals surface area contributed by atoms with Crippen molar-refractivity contribution in [1.82, 2.24) is 4.31 Å². The van der Waals surface area contributed by atoms with E-state index in [1.54, 1.807) is 19.9 Å². The molecule has 0 aliphatic carbocycles. The summed E-state index contributed by atoms with van der Waals surface area (Å²) < 4.78 is 27.2. The van der Waals surface area contributed by atoms with Gasteiger partial charge >= 0.3 is 5.97 Å². The fraction of sp³-hybridized carbons (Fsp3) is 0.529. The molecular weight excluding hydrogens is 344 g/mol. The summed E-state index contributed by atoms with van der Waals surface area (Å²) >= 11 is 0. The number of carboxylic acids is 1. The molecule has 1 saturated heterocycles. The van der Waals surface area contributed by atoms with E-state index in [1.807, 2.05) is 0 Å². The molecule has 1 aromatic rings. The number of fused-ring (bicyclic) bond motifs is 1. The van der Waals surface area contributed by atoms with Gasteiger partial charge in [-0.05, 0) is 50.5 Å². The van der Waals surface area contributed by atoms with Crippen molar-refractivity contribution in [2.45, 2.75) is 43.4 Å². The zero-order chi connectivity index (χ0) is 18.4. The molecule has 25 heavy (non-hydrogen) atoms. The molecule has 2 aliphatic heterocycles. The van der Waals surface area contributed by atoms with Gasteiger partial charge in [-0.3, -0.25) is 9.59 Å². The highest BCUT2D eigenvalue weighted by Crippen LogP contribution is 2.42. The van der Waals surface area contributed by atoms with E-state index in [2.05, 4.69) is 0 Å². The number of sulfonamides is 1. The fourth-order valence-electron chi connectivity index (χ4n) is 3.52. The van der Waals surface area contributed by atoms with Gasteiger partial charge in [0.1, 0.15) is 6.54 Å². The number of aliphatic carboxylic acids is 1. The highest BCUT2D eigenvalue weighted by molar-refractivity contribution is 7.89. The van der Waals surface area contributed by atoms with Gasteiger partial charge in [0.25, 0.3) is 0 Å². The second kappa shape index (κ2) is 6.10. The Morgan fingerprint density at radius 1 is 1.20 bits per heavy atom. The van der Waals surface area contributed by atoms with E-state index in [0.717, 1.165) is 19.3 Å². The van der Waals surface area contributed by atoms with Gasteiger partial charge in [0, 0.05) is 18.8 Å². The van der Waals surface area contributed by atoms with Crippen molar-refractivity contribution in [3.63, 3.8) is 0 Å². The predicted octanol–water partition coefficient (Wildman–Crippen LogP) is 1.57. The molecule has 0 unspecified atom stereocenters. The number of hydrogen-bond donors (Lipinski definition) is 1. The molecule has 3 rings (SSSR count). The molecule has 0 bridgehead atoms. The molecule has 1 N–H and O–H groups in total. The first kappa shape index (κ1) is 17.9. The Labute approximate surface area is 147 Å². The van der Waals surface area contributed by atoms with Crippen LogP contribution in [0.4, 0.5) is 5.69 Å². The lowest BCUT2D eigenvalue weighted by Gasteiger charge is -2.26. The van der Waals surface area contributed by atoms with Gasteiger partial charge in [-0.25, -0.2) is 8.42 Å². The topological polar surface area (TPSA) is 95.0 Å². The second-order valence-electron chi connectivity index (χ2n) is 7.05. The summed E-state index contributed by atoms with van der Waals surface area (Å²) in [5.41, 5.74) is 0.0601. The average Bonchev–Trinajstić information content (AvgIpc) is 2.76. The highest BCUT2D eigenvalue weighted by Gasteiger charge is 2.45. The number of hydrogen-bond acceptors (Lipinski definition) is 4. The minimum Gasteiger partial charge on any atom is -0.480 e. The van der Waals surface area contributed by atoms with Crippen molar-refractivity contribution in [2.75, 3.05) is 24.5 Å². The SMILES string of the molecule is CC1(C)C(=O)N(CC(=O)O)c2ccc(S(=O)(=O)N3CCCCC3)cc21. The zero-order valence-electron chi connectivity index (χ0n) is 14.4.